The van der Waals surface area contributed by atoms with Crippen molar-refractivity contribution in [2.75, 3.05) is 50.7 Å². The van der Waals surface area contributed by atoms with Crippen LogP contribution in [0.2, 0.25) is 0 Å². The van der Waals surface area contributed by atoms with Crippen molar-refractivity contribution in [2.45, 2.75) is 32.1 Å². The van der Waals surface area contributed by atoms with Crippen LogP contribution in [0.3, 0.4) is 0 Å². The van der Waals surface area contributed by atoms with E-state index >= 15 is 0 Å². The summed E-state index contributed by atoms with van der Waals surface area (Å²) in [7, 11) is 1.76. The van der Waals surface area contributed by atoms with Gasteiger partial charge in [0.2, 0.25) is 5.95 Å². The van der Waals surface area contributed by atoms with Crippen LogP contribution in [0.1, 0.15) is 12.2 Å². The molecule has 0 amide bonds. The van der Waals surface area contributed by atoms with Gasteiger partial charge in [0, 0.05) is 38.4 Å². The molecule has 4 aromatic heterocycles. The van der Waals surface area contributed by atoms with Gasteiger partial charge in [-0.25, -0.2) is 27.7 Å². The van der Waals surface area contributed by atoms with Crippen molar-refractivity contribution in [3.8, 4) is 11.3 Å². The van der Waals surface area contributed by atoms with Gasteiger partial charge in [0.15, 0.2) is 11.5 Å². The molecule has 9 nitrogen and oxygen atoms in total. The topological polar surface area (TPSA) is 88.2 Å². The van der Waals surface area contributed by atoms with Gasteiger partial charge in [-0.2, -0.15) is 4.98 Å². The van der Waals surface area contributed by atoms with Crippen LogP contribution in [-0.2, 0) is 6.54 Å². The highest BCUT2D eigenvalue weighted by molar-refractivity contribution is 5.89. The van der Waals surface area contributed by atoms with Gasteiger partial charge in [0.25, 0.3) is 0 Å². The summed E-state index contributed by atoms with van der Waals surface area (Å²) in [4.78, 5) is 15.6. The van der Waals surface area contributed by atoms with Crippen molar-refractivity contribution >= 4 is 28.4 Å². The van der Waals surface area contributed by atoms with E-state index in [1.165, 1.54) is 0 Å². The lowest BCUT2D eigenvalue weighted by molar-refractivity contribution is 0.120. The number of nitrogens with zero attached hydrogens (tertiary/aromatic N) is 7. The number of pyridine rings is 1. The Kier molecular flexibility index (Phi) is 6.46. The maximum absolute atomic E-state index is 14.7. The Balaban J connectivity index is 1.47. The van der Waals surface area contributed by atoms with Gasteiger partial charge >= 0.3 is 0 Å². The molecule has 0 radical (unpaired) electrons. The van der Waals surface area contributed by atoms with Crippen LogP contribution in [0.25, 0.3) is 27.9 Å². The van der Waals surface area contributed by atoms with E-state index in [1.807, 2.05) is 25.1 Å². The van der Waals surface area contributed by atoms with Gasteiger partial charge in [-0.3, -0.25) is 4.90 Å². The van der Waals surface area contributed by atoms with Crippen LogP contribution in [0.5, 0.6) is 0 Å². The molecule has 12 heteroatoms. The summed E-state index contributed by atoms with van der Waals surface area (Å²) in [6, 6.07) is 5.18. The van der Waals surface area contributed by atoms with E-state index in [-0.39, 0.29) is 19.6 Å². The van der Waals surface area contributed by atoms with Crippen LogP contribution in [0, 0.1) is 6.92 Å². The highest BCUT2D eigenvalue weighted by Gasteiger charge is 2.30. The zero-order valence-electron chi connectivity index (χ0n) is 19.7. The smallest absolute Gasteiger partial charge is 0.243 e. The number of hydrogen-bond acceptors (Lipinski definition) is 7. The maximum Gasteiger partial charge on any atom is 0.243 e. The fourth-order valence-electron chi connectivity index (χ4n) is 4.70. The molecular formula is C23H28F3N9. The molecule has 0 saturated carbocycles. The fraction of sp³-hybridized carbons (Fsp3) is 0.478. The minimum absolute atomic E-state index is 0.184. The van der Waals surface area contributed by atoms with Crippen molar-refractivity contribution in [1.82, 2.24) is 34.0 Å². The second kappa shape index (κ2) is 9.68. The van der Waals surface area contributed by atoms with E-state index in [2.05, 4.69) is 25.7 Å². The van der Waals surface area contributed by atoms with Crippen molar-refractivity contribution in [2.24, 2.45) is 0 Å². The summed E-state index contributed by atoms with van der Waals surface area (Å²) < 4.78 is 43.8. The zero-order chi connectivity index (χ0) is 24.5. The molecule has 0 spiro atoms. The third kappa shape index (κ3) is 4.38. The Hall–Kier alpha value is -3.41. The number of hydrogen-bond donors (Lipinski definition) is 2. The molecule has 5 heterocycles. The number of aryl methyl sites for hydroxylation is 2. The summed E-state index contributed by atoms with van der Waals surface area (Å²) in [6.07, 6.45) is 1.18. The summed E-state index contributed by atoms with van der Waals surface area (Å²) in [5.74, 6) is 1.57. The lowest BCUT2D eigenvalue weighted by atomic mass is 10.0. The van der Waals surface area contributed by atoms with E-state index < -0.39 is 25.6 Å². The fourth-order valence-corrected chi connectivity index (χ4v) is 4.70. The van der Waals surface area contributed by atoms with Crippen LogP contribution in [0.15, 0.2) is 24.4 Å². The van der Waals surface area contributed by atoms with Crippen LogP contribution >= 0.6 is 0 Å². The van der Waals surface area contributed by atoms with Gasteiger partial charge in [-0.1, -0.05) is 0 Å². The van der Waals surface area contributed by atoms with Gasteiger partial charge in [-0.05, 0) is 31.5 Å². The molecule has 4 aromatic rings. The average molecular weight is 488 g/mol. The number of halogens is 3. The van der Waals surface area contributed by atoms with E-state index in [0.29, 0.717) is 52.9 Å². The van der Waals surface area contributed by atoms with Crippen molar-refractivity contribution in [1.29, 1.82) is 0 Å². The molecule has 0 unspecified atom stereocenters. The average Bonchev–Trinajstić information content (AvgIpc) is 3.41. The first-order valence-corrected chi connectivity index (χ1v) is 11.7. The Labute approximate surface area is 200 Å². The number of nitrogens with one attached hydrogen (secondary N) is 2. The molecule has 1 fully saturated rings. The number of likely N-dealkylation sites (tertiary alicyclic amines) is 1. The van der Waals surface area contributed by atoms with E-state index in [1.54, 1.807) is 27.2 Å². The molecule has 35 heavy (non-hydrogen) atoms. The largest absolute Gasteiger partial charge is 0.371 e. The van der Waals surface area contributed by atoms with Gasteiger partial charge < -0.3 is 15.2 Å². The molecule has 186 valence electrons. The van der Waals surface area contributed by atoms with Gasteiger partial charge in [0.1, 0.15) is 36.4 Å². The van der Waals surface area contributed by atoms with Crippen LogP contribution in [0.4, 0.5) is 24.9 Å². The number of imidazole rings is 1. The molecule has 0 aliphatic carbocycles. The molecule has 0 bridgehead atoms. The zero-order valence-corrected chi connectivity index (χ0v) is 19.7. The molecular weight excluding hydrogens is 459 g/mol. The minimum atomic E-state index is -1.15. The van der Waals surface area contributed by atoms with E-state index in [4.69, 9.17) is 4.98 Å². The van der Waals surface area contributed by atoms with Crippen molar-refractivity contribution in [3.05, 3.63) is 30.2 Å². The van der Waals surface area contributed by atoms with Gasteiger partial charge in [0.05, 0.1) is 18.3 Å². The predicted molar refractivity (Wildman–Crippen MR) is 129 cm³/mol. The number of aromatic nitrogens is 6. The van der Waals surface area contributed by atoms with Gasteiger partial charge in [-0.15, -0.1) is 5.10 Å². The first kappa shape index (κ1) is 23.3. The molecule has 2 N–H and O–H groups in total. The van der Waals surface area contributed by atoms with E-state index in [0.717, 1.165) is 5.56 Å². The van der Waals surface area contributed by atoms with Crippen molar-refractivity contribution < 1.29 is 13.2 Å². The van der Waals surface area contributed by atoms with Crippen LogP contribution in [-0.4, -0.2) is 86.3 Å². The number of anilines is 2. The lowest BCUT2D eigenvalue weighted by Crippen LogP contribution is -2.48. The Morgan fingerprint density at radius 3 is 2.66 bits per heavy atom. The molecule has 2 atom stereocenters. The quantitative estimate of drug-likeness (QED) is 0.395. The third-order valence-electron chi connectivity index (χ3n) is 6.46. The lowest BCUT2D eigenvalue weighted by Gasteiger charge is -2.34. The molecule has 1 aliphatic heterocycles. The highest BCUT2D eigenvalue weighted by atomic mass is 19.1. The Morgan fingerprint density at radius 1 is 1.09 bits per heavy atom. The monoisotopic (exact) mass is 487 g/mol. The minimum Gasteiger partial charge on any atom is -0.371 e. The third-order valence-corrected chi connectivity index (χ3v) is 6.46. The summed E-state index contributed by atoms with van der Waals surface area (Å²) in [6.45, 7) is 2.09. The normalized spacial score (nSPS) is 19.0. The Bertz CT molecular complexity index is 1340. The number of rotatable bonds is 8. The summed E-state index contributed by atoms with van der Waals surface area (Å²) >= 11 is 0. The SMILES string of the molecule is CNc1nc(N[C@H]2CCN(CCF)C[C@H]2F)nn2ccc(-c3ccc4nc(C)n(CCF)c4n3)c12. The molecule has 1 aliphatic rings. The van der Waals surface area contributed by atoms with Crippen molar-refractivity contribution in [3.63, 3.8) is 0 Å². The maximum atomic E-state index is 14.7. The van der Waals surface area contributed by atoms with Crippen LogP contribution < -0.4 is 10.6 Å². The Morgan fingerprint density at radius 2 is 1.91 bits per heavy atom. The number of fused-ring (bicyclic) bond motifs is 2. The standard InChI is InChI=1S/C23H28F3N9/c1-14-28-19-4-3-17(29-22(19)34(14)12-8-25)15-5-10-35-20(15)21(27-2)31-23(32-35)30-18-6-9-33(11-7-24)13-16(18)26/h3-5,10,16,18H,6-9,11-13H2,1-2H3,(H2,27,30,31,32)/t16-,18+/m1/s1. The predicted octanol–water partition coefficient (Wildman–Crippen LogP) is 3.25. The second-order valence-electron chi connectivity index (χ2n) is 8.64. The molecule has 1 saturated heterocycles. The number of alkyl halides is 3. The summed E-state index contributed by atoms with van der Waals surface area (Å²) in [5, 5.41) is 10.8. The number of piperidine rings is 1. The van der Waals surface area contributed by atoms with E-state index in [9.17, 15) is 13.2 Å². The second-order valence-corrected chi connectivity index (χ2v) is 8.64. The molecule has 5 rings (SSSR count). The first-order chi connectivity index (χ1) is 17.0. The first-order valence-electron chi connectivity index (χ1n) is 11.7. The molecule has 0 aromatic carbocycles. The summed E-state index contributed by atoms with van der Waals surface area (Å²) in [5.41, 5.74) is 3.53. The highest BCUT2D eigenvalue weighted by Crippen LogP contribution is 2.31.